The van der Waals surface area contributed by atoms with Crippen molar-refractivity contribution in [1.29, 1.82) is 0 Å². The first-order valence-corrected chi connectivity index (χ1v) is 2.88. The van der Waals surface area contributed by atoms with Gasteiger partial charge in [0.15, 0.2) is 0 Å². The maximum Gasteiger partial charge on any atom is 0.373 e. The molecule has 0 radical (unpaired) electrons. The quantitative estimate of drug-likeness (QED) is 0.583. The standard InChI is InChI=1S/C6H8N2.CO2/c1-5-6(7)3-2-4-8-5;2-1-3/h2-4H,7H2,1H3;. The molecule has 0 atom stereocenters. The fourth-order valence-corrected chi connectivity index (χ4v) is 0.497. The van der Waals surface area contributed by atoms with E-state index in [4.69, 9.17) is 15.3 Å². The number of aromatic nitrogens is 1. The summed E-state index contributed by atoms with van der Waals surface area (Å²) in [7, 11) is 0. The summed E-state index contributed by atoms with van der Waals surface area (Å²) in [5.41, 5.74) is 7.11. The number of carbonyl (C=O) groups excluding carboxylic acids is 2. The van der Waals surface area contributed by atoms with Gasteiger partial charge in [0.05, 0.1) is 11.4 Å². The molecule has 0 saturated heterocycles. The van der Waals surface area contributed by atoms with Crippen LogP contribution in [0.3, 0.4) is 0 Å². The van der Waals surface area contributed by atoms with Gasteiger partial charge in [-0.3, -0.25) is 4.98 Å². The SMILES string of the molecule is Cc1ncccc1N.O=C=O. The third-order valence-corrected chi connectivity index (χ3v) is 1.05. The number of rotatable bonds is 0. The van der Waals surface area contributed by atoms with Crippen molar-refractivity contribution >= 4 is 11.8 Å². The van der Waals surface area contributed by atoms with Gasteiger partial charge in [0.1, 0.15) is 0 Å². The molecule has 0 aromatic carbocycles. The largest absolute Gasteiger partial charge is 0.397 e. The zero-order valence-electron chi connectivity index (χ0n) is 6.07. The molecule has 2 N–H and O–H groups in total. The van der Waals surface area contributed by atoms with Crippen LogP contribution in [0.1, 0.15) is 5.69 Å². The molecule has 0 fully saturated rings. The topological polar surface area (TPSA) is 73.0 Å². The van der Waals surface area contributed by atoms with Crippen LogP contribution < -0.4 is 5.73 Å². The van der Waals surface area contributed by atoms with Crippen molar-refractivity contribution in [1.82, 2.24) is 4.98 Å². The lowest BCUT2D eigenvalue weighted by Gasteiger charge is -1.92. The second-order valence-corrected chi connectivity index (χ2v) is 1.76. The van der Waals surface area contributed by atoms with E-state index in [0.717, 1.165) is 11.4 Å². The molecular formula is C7H8N2O2. The van der Waals surface area contributed by atoms with E-state index in [1.807, 2.05) is 19.1 Å². The monoisotopic (exact) mass is 152 g/mol. The zero-order chi connectivity index (χ0) is 8.69. The smallest absolute Gasteiger partial charge is 0.373 e. The summed E-state index contributed by atoms with van der Waals surface area (Å²) >= 11 is 0. The van der Waals surface area contributed by atoms with Crippen molar-refractivity contribution in [2.45, 2.75) is 6.92 Å². The van der Waals surface area contributed by atoms with Crippen LogP contribution in [0.5, 0.6) is 0 Å². The van der Waals surface area contributed by atoms with Crippen LogP contribution in [0.25, 0.3) is 0 Å². The molecule has 0 aliphatic carbocycles. The molecule has 0 aliphatic heterocycles. The maximum absolute atomic E-state index is 8.12. The lowest BCUT2D eigenvalue weighted by molar-refractivity contribution is -0.191. The predicted octanol–water partition coefficient (Wildman–Crippen LogP) is 0.389. The highest BCUT2D eigenvalue weighted by Gasteiger charge is 1.86. The number of hydrogen-bond donors (Lipinski definition) is 1. The Balaban J connectivity index is 0.000000292. The number of hydrogen-bond acceptors (Lipinski definition) is 4. The first-order chi connectivity index (χ1) is 5.22. The van der Waals surface area contributed by atoms with Gasteiger partial charge in [0, 0.05) is 6.20 Å². The van der Waals surface area contributed by atoms with Crippen molar-refractivity contribution in [3.05, 3.63) is 24.0 Å². The maximum atomic E-state index is 8.12. The van der Waals surface area contributed by atoms with Crippen LogP contribution in [0.15, 0.2) is 18.3 Å². The summed E-state index contributed by atoms with van der Waals surface area (Å²) in [6.45, 7) is 1.88. The van der Waals surface area contributed by atoms with Crippen molar-refractivity contribution in [2.75, 3.05) is 5.73 Å². The molecule has 0 spiro atoms. The van der Waals surface area contributed by atoms with Gasteiger partial charge in [0.2, 0.25) is 0 Å². The Labute approximate surface area is 64.0 Å². The molecule has 1 heterocycles. The number of pyridine rings is 1. The molecule has 11 heavy (non-hydrogen) atoms. The Morgan fingerprint density at radius 1 is 1.55 bits per heavy atom. The minimum absolute atomic E-state index is 0.250. The van der Waals surface area contributed by atoms with Gasteiger partial charge in [-0.1, -0.05) is 0 Å². The van der Waals surface area contributed by atoms with Crippen LogP contribution in [0.2, 0.25) is 0 Å². The van der Waals surface area contributed by atoms with Crippen molar-refractivity contribution in [2.24, 2.45) is 0 Å². The number of nitrogens with zero attached hydrogens (tertiary/aromatic N) is 1. The third-order valence-electron chi connectivity index (χ3n) is 1.05. The first kappa shape index (κ1) is 9.33. The molecule has 0 bridgehead atoms. The average molecular weight is 152 g/mol. The van der Waals surface area contributed by atoms with Gasteiger partial charge in [-0.2, -0.15) is 9.59 Å². The van der Waals surface area contributed by atoms with E-state index in [1.54, 1.807) is 6.20 Å². The van der Waals surface area contributed by atoms with Crippen molar-refractivity contribution < 1.29 is 9.59 Å². The number of anilines is 1. The van der Waals surface area contributed by atoms with Gasteiger partial charge in [0.25, 0.3) is 0 Å². The van der Waals surface area contributed by atoms with E-state index in [2.05, 4.69) is 4.98 Å². The van der Waals surface area contributed by atoms with Crippen LogP contribution in [0.4, 0.5) is 5.69 Å². The van der Waals surface area contributed by atoms with E-state index < -0.39 is 0 Å². The summed E-state index contributed by atoms with van der Waals surface area (Å²) in [4.78, 5) is 20.2. The van der Waals surface area contributed by atoms with E-state index in [0.29, 0.717) is 0 Å². The van der Waals surface area contributed by atoms with Gasteiger partial charge < -0.3 is 5.73 Å². The molecular weight excluding hydrogens is 144 g/mol. The Kier molecular flexibility index (Phi) is 4.36. The highest BCUT2D eigenvalue weighted by Crippen LogP contribution is 2.02. The zero-order valence-corrected chi connectivity index (χ0v) is 6.07. The second kappa shape index (κ2) is 5.14. The van der Waals surface area contributed by atoms with Crippen LogP contribution in [-0.4, -0.2) is 11.1 Å². The number of nitrogens with two attached hydrogens (primary N) is 1. The van der Waals surface area contributed by atoms with E-state index >= 15 is 0 Å². The summed E-state index contributed by atoms with van der Waals surface area (Å²) in [5, 5.41) is 0. The molecule has 0 unspecified atom stereocenters. The Bertz CT molecular complexity index is 233. The van der Waals surface area contributed by atoms with E-state index in [-0.39, 0.29) is 6.15 Å². The molecule has 0 aliphatic rings. The lowest BCUT2D eigenvalue weighted by Crippen LogP contribution is -1.89. The average Bonchev–Trinajstić information content (AvgIpc) is 1.97. The summed E-state index contributed by atoms with van der Waals surface area (Å²) < 4.78 is 0. The first-order valence-electron chi connectivity index (χ1n) is 2.88. The molecule has 58 valence electrons. The van der Waals surface area contributed by atoms with Gasteiger partial charge in [-0.05, 0) is 19.1 Å². The fraction of sp³-hybridized carbons (Fsp3) is 0.143. The molecule has 4 heteroatoms. The van der Waals surface area contributed by atoms with Crippen molar-refractivity contribution in [3.8, 4) is 0 Å². The highest BCUT2D eigenvalue weighted by molar-refractivity contribution is 5.40. The summed E-state index contributed by atoms with van der Waals surface area (Å²) in [6, 6.07) is 3.66. The normalized spacial score (nSPS) is 7.36. The van der Waals surface area contributed by atoms with Crippen LogP contribution >= 0.6 is 0 Å². The molecule has 1 rings (SSSR count). The lowest BCUT2D eigenvalue weighted by atomic mass is 10.3. The Hall–Kier alpha value is -1.67. The molecule has 1 aromatic rings. The highest BCUT2D eigenvalue weighted by atomic mass is 16.2. The second-order valence-electron chi connectivity index (χ2n) is 1.76. The molecule has 0 amide bonds. The van der Waals surface area contributed by atoms with E-state index in [1.165, 1.54) is 0 Å². The van der Waals surface area contributed by atoms with Crippen LogP contribution in [-0.2, 0) is 9.59 Å². The Morgan fingerprint density at radius 2 is 2.09 bits per heavy atom. The van der Waals surface area contributed by atoms with Gasteiger partial charge in [-0.15, -0.1) is 0 Å². The summed E-state index contributed by atoms with van der Waals surface area (Å²) in [6.07, 6.45) is 1.98. The fourth-order valence-electron chi connectivity index (χ4n) is 0.497. The minimum Gasteiger partial charge on any atom is -0.397 e. The number of nitrogen functional groups attached to an aromatic ring is 1. The van der Waals surface area contributed by atoms with Gasteiger partial charge in [-0.25, -0.2) is 0 Å². The van der Waals surface area contributed by atoms with Gasteiger partial charge >= 0.3 is 6.15 Å². The molecule has 0 saturated carbocycles. The Morgan fingerprint density at radius 3 is 2.36 bits per heavy atom. The molecule has 1 aromatic heterocycles. The minimum atomic E-state index is 0.250. The van der Waals surface area contributed by atoms with Crippen molar-refractivity contribution in [3.63, 3.8) is 0 Å². The molecule has 4 nitrogen and oxygen atoms in total. The summed E-state index contributed by atoms with van der Waals surface area (Å²) in [5.74, 6) is 0. The van der Waals surface area contributed by atoms with E-state index in [9.17, 15) is 0 Å². The predicted molar refractivity (Wildman–Crippen MR) is 38.4 cm³/mol. The third kappa shape index (κ3) is 3.83. The number of aryl methyl sites for hydroxylation is 1. The van der Waals surface area contributed by atoms with Crippen LogP contribution in [0, 0.1) is 6.92 Å².